The van der Waals surface area contributed by atoms with E-state index in [1.807, 2.05) is 0 Å². The van der Waals surface area contributed by atoms with Crippen LogP contribution in [0.2, 0.25) is 0 Å². The SMILES string of the molecule is CCCCCCC1(C)C[C@@H](N)c2cc(C)ccc2O1. The highest BCUT2D eigenvalue weighted by molar-refractivity contribution is 5.41. The molecule has 2 atom stereocenters. The van der Waals surface area contributed by atoms with Gasteiger partial charge in [0, 0.05) is 18.0 Å². The Hall–Kier alpha value is -1.02. The van der Waals surface area contributed by atoms with Crippen molar-refractivity contribution in [3.63, 3.8) is 0 Å². The maximum atomic E-state index is 6.34. The van der Waals surface area contributed by atoms with Gasteiger partial charge < -0.3 is 10.5 Å². The van der Waals surface area contributed by atoms with E-state index in [0.29, 0.717) is 0 Å². The minimum atomic E-state index is -0.0879. The van der Waals surface area contributed by atoms with Crippen LogP contribution in [-0.4, -0.2) is 5.60 Å². The lowest BCUT2D eigenvalue weighted by atomic mass is 9.85. The molecule has 0 amide bonds. The Morgan fingerprint density at radius 2 is 2.11 bits per heavy atom. The average molecular weight is 261 g/mol. The fourth-order valence-corrected chi connectivity index (χ4v) is 3.01. The number of unbranched alkanes of at least 4 members (excludes halogenated alkanes) is 3. The summed E-state index contributed by atoms with van der Waals surface area (Å²) in [5, 5.41) is 0. The van der Waals surface area contributed by atoms with E-state index in [-0.39, 0.29) is 11.6 Å². The third-order valence-electron chi connectivity index (χ3n) is 4.13. The van der Waals surface area contributed by atoms with Gasteiger partial charge in [0.15, 0.2) is 0 Å². The number of hydrogen-bond acceptors (Lipinski definition) is 2. The fraction of sp³-hybridized carbons (Fsp3) is 0.647. The molecule has 2 rings (SSSR count). The largest absolute Gasteiger partial charge is 0.487 e. The molecule has 2 N–H and O–H groups in total. The Morgan fingerprint density at radius 1 is 1.32 bits per heavy atom. The predicted molar refractivity (Wildman–Crippen MR) is 80.5 cm³/mol. The molecule has 19 heavy (non-hydrogen) atoms. The topological polar surface area (TPSA) is 35.2 Å². The molecule has 2 nitrogen and oxygen atoms in total. The number of benzene rings is 1. The van der Waals surface area contributed by atoms with E-state index < -0.39 is 0 Å². The second kappa shape index (κ2) is 5.96. The zero-order valence-electron chi connectivity index (χ0n) is 12.5. The van der Waals surface area contributed by atoms with Gasteiger partial charge in [0.05, 0.1) is 0 Å². The van der Waals surface area contributed by atoms with Crippen molar-refractivity contribution in [3.05, 3.63) is 29.3 Å². The first kappa shape index (κ1) is 14.4. The molecule has 0 spiro atoms. The third-order valence-corrected chi connectivity index (χ3v) is 4.13. The summed E-state index contributed by atoms with van der Waals surface area (Å²) in [6.45, 7) is 6.56. The van der Waals surface area contributed by atoms with Crippen LogP contribution >= 0.6 is 0 Å². The molecule has 1 aromatic carbocycles. The standard InChI is InChI=1S/C17H27NO/c1-4-5-6-7-10-17(3)12-15(18)14-11-13(2)8-9-16(14)19-17/h8-9,11,15H,4-7,10,12,18H2,1-3H3/t15-,17?/m1/s1. The van der Waals surface area contributed by atoms with Crippen molar-refractivity contribution in [2.45, 2.75) is 70.9 Å². The van der Waals surface area contributed by atoms with Crippen molar-refractivity contribution < 1.29 is 4.74 Å². The summed E-state index contributed by atoms with van der Waals surface area (Å²) < 4.78 is 6.25. The van der Waals surface area contributed by atoms with Crippen molar-refractivity contribution in [2.75, 3.05) is 0 Å². The van der Waals surface area contributed by atoms with Crippen LogP contribution in [-0.2, 0) is 0 Å². The third kappa shape index (κ3) is 3.50. The van der Waals surface area contributed by atoms with Crippen molar-refractivity contribution in [1.82, 2.24) is 0 Å². The predicted octanol–water partition coefficient (Wildman–Crippen LogP) is 4.51. The number of nitrogens with two attached hydrogens (primary N) is 1. The van der Waals surface area contributed by atoms with Gasteiger partial charge in [-0.1, -0.05) is 43.9 Å². The van der Waals surface area contributed by atoms with Crippen LogP contribution in [0.1, 0.15) is 69.5 Å². The summed E-state index contributed by atoms with van der Waals surface area (Å²) in [5.74, 6) is 0.988. The first-order valence-corrected chi connectivity index (χ1v) is 7.59. The molecule has 0 aliphatic carbocycles. The van der Waals surface area contributed by atoms with E-state index in [4.69, 9.17) is 10.5 Å². The second-order valence-electron chi connectivity index (χ2n) is 6.21. The van der Waals surface area contributed by atoms with Gasteiger partial charge in [-0.3, -0.25) is 0 Å². The number of ether oxygens (including phenoxy) is 1. The molecular formula is C17H27NO. The van der Waals surface area contributed by atoms with Crippen molar-refractivity contribution >= 4 is 0 Å². The van der Waals surface area contributed by atoms with Gasteiger partial charge in [-0.15, -0.1) is 0 Å². The first-order chi connectivity index (χ1) is 9.04. The number of hydrogen-bond donors (Lipinski definition) is 1. The van der Waals surface area contributed by atoms with Crippen LogP contribution in [0.4, 0.5) is 0 Å². The molecule has 1 aliphatic rings. The summed E-state index contributed by atoms with van der Waals surface area (Å²) >= 11 is 0. The van der Waals surface area contributed by atoms with Crippen molar-refractivity contribution in [1.29, 1.82) is 0 Å². The Morgan fingerprint density at radius 3 is 2.84 bits per heavy atom. The zero-order chi connectivity index (χ0) is 13.9. The van der Waals surface area contributed by atoms with Crippen LogP contribution in [0.15, 0.2) is 18.2 Å². The number of aryl methyl sites for hydroxylation is 1. The zero-order valence-corrected chi connectivity index (χ0v) is 12.5. The minimum Gasteiger partial charge on any atom is -0.487 e. The lowest BCUT2D eigenvalue weighted by molar-refractivity contribution is 0.0430. The molecule has 106 valence electrons. The molecule has 2 heteroatoms. The van der Waals surface area contributed by atoms with Crippen LogP contribution in [0.25, 0.3) is 0 Å². The highest BCUT2D eigenvalue weighted by Crippen LogP contribution is 2.40. The van der Waals surface area contributed by atoms with Gasteiger partial charge in [0.2, 0.25) is 0 Å². The second-order valence-corrected chi connectivity index (χ2v) is 6.21. The number of rotatable bonds is 5. The van der Waals surface area contributed by atoms with Gasteiger partial charge in [0.1, 0.15) is 11.4 Å². The van der Waals surface area contributed by atoms with E-state index in [1.165, 1.54) is 36.8 Å². The van der Waals surface area contributed by atoms with E-state index in [9.17, 15) is 0 Å². The molecule has 0 fully saturated rings. The number of fused-ring (bicyclic) bond motifs is 1. The maximum Gasteiger partial charge on any atom is 0.124 e. The molecule has 0 saturated heterocycles. The van der Waals surface area contributed by atoms with Crippen molar-refractivity contribution in [2.24, 2.45) is 5.73 Å². The van der Waals surface area contributed by atoms with Gasteiger partial charge in [-0.25, -0.2) is 0 Å². The summed E-state index contributed by atoms with van der Waals surface area (Å²) in [5.41, 5.74) is 8.68. The van der Waals surface area contributed by atoms with E-state index in [0.717, 1.165) is 18.6 Å². The minimum absolute atomic E-state index is 0.0879. The Labute approximate surface area is 117 Å². The van der Waals surface area contributed by atoms with E-state index in [1.54, 1.807) is 0 Å². The van der Waals surface area contributed by atoms with Gasteiger partial charge in [-0.05, 0) is 32.8 Å². The normalized spacial score (nSPS) is 25.8. The molecule has 1 aliphatic heterocycles. The molecule has 0 saturated carbocycles. The fourth-order valence-electron chi connectivity index (χ4n) is 3.01. The molecule has 1 unspecified atom stereocenters. The van der Waals surface area contributed by atoms with E-state index in [2.05, 4.69) is 39.0 Å². The van der Waals surface area contributed by atoms with Gasteiger partial charge >= 0.3 is 0 Å². The molecule has 0 bridgehead atoms. The Kier molecular flexibility index (Phi) is 4.51. The molecule has 0 aromatic heterocycles. The van der Waals surface area contributed by atoms with E-state index >= 15 is 0 Å². The smallest absolute Gasteiger partial charge is 0.124 e. The molecular weight excluding hydrogens is 234 g/mol. The summed E-state index contributed by atoms with van der Waals surface area (Å²) in [6.07, 6.45) is 7.16. The summed E-state index contributed by atoms with van der Waals surface area (Å²) in [4.78, 5) is 0. The summed E-state index contributed by atoms with van der Waals surface area (Å²) in [6, 6.07) is 6.46. The summed E-state index contributed by atoms with van der Waals surface area (Å²) in [7, 11) is 0. The Balaban J connectivity index is 2.04. The molecule has 1 aromatic rings. The highest BCUT2D eigenvalue weighted by Gasteiger charge is 2.35. The van der Waals surface area contributed by atoms with Crippen molar-refractivity contribution in [3.8, 4) is 5.75 Å². The van der Waals surface area contributed by atoms with Gasteiger partial charge in [-0.2, -0.15) is 0 Å². The van der Waals surface area contributed by atoms with Crippen LogP contribution in [0.3, 0.4) is 0 Å². The van der Waals surface area contributed by atoms with Gasteiger partial charge in [0.25, 0.3) is 0 Å². The maximum absolute atomic E-state index is 6.34. The molecule has 0 radical (unpaired) electrons. The first-order valence-electron chi connectivity index (χ1n) is 7.59. The quantitative estimate of drug-likeness (QED) is 0.792. The lowest BCUT2D eigenvalue weighted by Crippen LogP contribution is -2.40. The van der Waals surface area contributed by atoms with Crippen LogP contribution in [0, 0.1) is 6.92 Å². The average Bonchev–Trinajstić information content (AvgIpc) is 2.36. The molecule has 1 heterocycles. The van der Waals surface area contributed by atoms with Crippen LogP contribution in [0.5, 0.6) is 5.75 Å². The lowest BCUT2D eigenvalue weighted by Gasteiger charge is -2.39. The highest BCUT2D eigenvalue weighted by atomic mass is 16.5. The van der Waals surface area contributed by atoms with Crippen LogP contribution < -0.4 is 10.5 Å². The Bertz CT molecular complexity index is 429. The monoisotopic (exact) mass is 261 g/mol.